The molecule has 0 atom stereocenters. The van der Waals surface area contributed by atoms with Crippen molar-refractivity contribution in [3.8, 4) is 5.75 Å². The van der Waals surface area contributed by atoms with Gasteiger partial charge in [0.05, 0.1) is 12.8 Å². The van der Waals surface area contributed by atoms with E-state index in [1.54, 1.807) is 18.4 Å². The second-order valence-corrected chi connectivity index (χ2v) is 6.94. The van der Waals surface area contributed by atoms with E-state index in [1.165, 1.54) is 4.88 Å². The zero-order valence-electron chi connectivity index (χ0n) is 14.0. The van der Waals surface area contributed by atoms with Crippen LogP contribution in [-0.2, 0) is 19.4 Å². The Kier molecular flexibility index (Phi) is 5.32. The molecule has 0 saturated carbocycles. The predicted molar refractivity (Wildman–Crippen MR) is 95.9 cm³/mol. The number of thiazole rings is 1. The maximum atomic E-state index is 12.0. The fraction of sp³-hybridized carbons (Fsp3) is 0.412. The number of fused-ring (bicyclic) bond motifs is 1. The first-order chi connectivity index (χ1) is 11.6. The van der Waals surface area contributed by atoms with Crippen molar-refractivity contribution >= 4 is 22.5 Å². The smallest absolute Gasteiger partial charge is 0.321 e. The number of hydrogen-bond acceptors (Lipinski definition) is 5. The first-order valence-electron chi connectivity index (χ1n) is 7.99. The monoisotopic (exact) mass is 346 g/mol. The number of methoxy groups -OCH3 is 1. The molecule has 1 aromatic carbocycles. The van der Waals surface area contributed by atoms with Gasteiger partial charge >= 0.3 is 6.03 Å². The van der Waals surface area contributed by atoms with E-state index in [2.05, 4.69) is 27.6 Å². The molecule has 0 aliphatic carbocycles. The van der Waals surface area contributed by atoms with Crippen LogP contribution in [0.3, 0.4) is 0 Å². The zero-order valence-corrected chi connectivity index (χ0v) is 14.8. The van der Waals surface area contributed by atoms with Crippen LogP contribution in [0.4, 0.5) is 9.93 Å². The molecule has 2 N–H and O–H groups in total. The van der Waals surface area contributed by atoms with E-state index in [0.717, 1.165) is 42.9 Å². The number of anilines is 1. The summed E-state index contributed by atoms with van der Waals surface area (Å²) in [6.45, 7) is 2.49. The van der Waals surface area contributed by atoms with Crippen molar-refractivity contribution in [2.75, 3.05) is 32.6 Å². The van der Waals surface area contributed by atoms with Crippen LogP contribution in [0.25, 0.3) is 0 Å². The van der Waals surface area contributed by atoms with Crippen molar-refractivity contribution in [3.05, 3.63) is 40.4 Å². The Balaban J connectivity index is 1.47. The molecule has 0 radical (unpaired) electrons. The highest BCUT2D eigenvalue weighted by Crippen LogP contribution is 2.27. The van der Waals surface area contributed by atoms with E-state index in [1.807, 2.05) is 24.3 Å². The van der Waals surface area contributed by atoms with Crippen LogP contribution in [0.5, 0.6) is 5.75 Å². The number of benzene rings is 1. The van der Waals surface area contributed by atoms with Crippen molar-refractivity contribution in [2.24, 2.45) is 0 Å². The minimum absolute atomic E-state index is 0.211. The van der Waals surface area contributed by atoms with E-state index in [0.29, 0.717) is 11.7 Å². The van der Waals surface area contributed by atoms with Gasteiger partial charge in [0, 0.05) is 30.9 Å². The molecule has 0 bridgehead atoms. The van der Waals surface area contributed by atoms with Gasteiger partial charge in [0.25, 0.3) is 0 Å². The normalized spacial score (nSPS) is 14.1. The average molecular weight is 346 g/mol. The Morgan fingerprint density at radius 3 is 3.17 bits per heavy atom. The van der Waals surface area contributed by atoms with Crippen molar-refractivity contribution in [3.63, 3.8) is 0 Å². The number of ether oxygens (including phenoxy) is 1. The average Bonchev–Trinajstić information content (AvgIpc) is 2.96. The molecule has 1 aliphatic heterocycles. The third kappa shape index (κ3) is 4.24. The third-order valence-electron chi connectivity index (χ3n) is 3.98. The van der Waals surface area contributed by atoms with Crippen LogP contribution < -0.4 is 15.4 Å². The molecule has 0 fully saturated rings. The fourth-order valence-electron chi connectivity index (χ4n) is 2.67. The number of aromatic nitrogens is 1. The van der Waals surface area contributed by atoms with Gasteiger partial charge in [0.15, 0.2) is 5.13 Å². The number of nitrogens with one attached hydrogen (secondary N) is 2. The lowest BCUT2D eigenvalue weighted by atomic mass is 10.1. The summed E-state index contributed by atoms with van der Waals surface area (Å²) in [7, 11) is 3.75. The Hall–Kier alpha value is -2.12. The van der Waals surface area contributed by atoms with Gasteiger partial charge in [-0.25, -0.2) is 9.78 Å². The van der Waals surface area contributed by atoms with Gasteiger partial charge in [-0.05, 0) is 31.2 Å². The summed E-state index contributed by atoms with van der Waals surface area (Å²) in [5, 5.41) is 6.38. The number of amides is 2. The highest BCUT2D eigenvalue weighted by atomic mass is 32.1. The van der Waals surface area contributed by atoms with Crippen molar-refractivity contribution < 1.29 is 9.53 Å². The van der Waals surface area contributed by atoms with Gasteiger partial charge in [0.2, 0.25) is 0 Å². The lowest BCUT2D eigenvalue weighted by Crippen LogP contribution is -2.30. The lowest BCUT2D eigenvalue weighted by molar-refractivity contribution is 0.252. The molecule has 2 aromatic rings. The summed E-state index contributed by atoms with van der Waals surface area (Å²) < 4.78 is 5.20. The van der Waals surface area contributed by atoms with Gasteiger partial charge < -0.3 is 15.0 Å². The second-order valence-electron chi connectivity index (χ2n) is 5.86. The molecule has 128 valence electrons. The number of likely N-dealkylation sites (N-methyl/N-ethyl adjacent to an activating group) is 1. The standard InChI is InChI=1S/C17H22N4O2S/c1-21-9-7-14-15(11-21)24-17(19-14)20-16(22)18-8-6-12-4-3-5-13(10-12)23-2/h3-5,10H,6-9,11H2,1-2H3,(H2,18,19,20,22). The number of hydrogen-bond donors (Lipinski definition) is 2. The van der Waals surface area contributed by atoms with E-state index < -0.39 is 0 Å². The Morgan fingerprint density at radius 2 is 2.33 bits per heavy atom. The minimum Gasteiger partial charge on any atom is -0.497 e. The van der Waals surface area contributed by atoms with Gasteiger partial charge in [-0.15, -0.1) is 11.3 Å². The molecular formula is C17H22N4O2S. The first-order valence-corrected chi connectivity index (χ1v) is 8.80. The van der Waals surface area contributed by atoms with Crippen LogP contribution in [0, 0.1) is 0 Å². The molecule has 1 aliphatic rings. The van der Waals surface area contributed by atoms with Crippen molar-refractivity contribution in [1.82, 2.24) is 15.2 Å². The summed E-state index contributed by atoms with van der Waals surface area (Å²) in [4.78, 5) is 20.0. The molecule has 0 unspecified atom stereocenters. The maximum Gasteiger partial charge on any atom is 0.321 e. The zero-order chi connectivity index (χ0) is 16.9. The predicted octanol–water partition coefficient (Wildman–Crippen LogP) is 2.50. The third-order valence-corrected chi connectivity index (χ3v) is 4.97. The summed E-state index contributed by atoms with van der Waals surface area (Å²) in [6, 6.07) is 7.65. The Bertz CT molecular complexity index is 716. The van der Waals surface area contributed by atoms with Crippen LogP contribution >= 0.6 is 11.3 Å². The first kappa shape index (κ1) is 16.7. The molecular weight excluding hydrogens is 324 g/mol. The molecule has 0 saturated heterocycles. The summed E-state index contributed by atoms with van der Waals surface area (Å²) in [5.41, 5.74) is 2.24. The maximum absolute atomic E-state index is 12.0. The Labute approximate surface area is 145 Å². The van der Waals surface area contributed by atoms with Crippen molar-refractivity contribution in [2.45, 2.75) is 19.4 Å². The molecule has 2 amide bonds. The van der Waals surface area contributed by atoms with E-state index >= 15 is 0 Å². The van der Waals surface area contributed by atoms with Crippen LogP contribution in [0.2, 0.25) is 0 Å². The van der Waals surface area contributed by atoms with Gasteiger partial charge in [-0.1, -0.05) is 12.1 Å². The second kappa shape index (κ2) is 7.63. The lowest BCUT2D eigenvalue weighted by Gasteiger charge is -2.20. The molecule has 0 spiro atoms. The SMILES string of the molecule is COc1cccc(CCNC(=O)Nc2nc3c(s2)CN(C)CC3)c1. The van der Waals surface area contributed by atoms with Gasteiger partial charge in [-0.3, -0.25) is 5.32 Å². The van der Waals surface area contributed by atoms with E-state index in [9.17, 15) is 4.79 Å². The fourth-order valence-corrected chi connectivity index (χ4v) is 3.75. The molecule has 1 aromatic heterocycles. The highest BCUT2D eigenvalue weighted by Gasteiger charge is 2.18. The summed E-state index contributed by atoms with van der Waals surface area (Å²) in [5.74, 6) is 0.829. The van der Waals surface area contributed by atoms with Crippen LogP contribution in [0.1, 0.15) is 16.1 Å². The molecule has 3 rings (SSSR count). The van der Waals surface area contributed by atoms with Gasteiger partial charge in [0.1, 0.15) is 5.75 Å². The highest BCUT2D eigenvalue weighted by molar-refractivity contribution is 7.15. The number of urea groups is 1. The van der Waals surface area contributed by atoms with E-state index in [-0.39, 0.29) is 6.03 Å². The molecule has 7 heteroatoms. The minimum atomic E-state index is -0.211. The molecule has 6 nitrogen and oxygen atoms in total. The quantitative estimate of drug-likeness (QED) is 0.873. The molecule has 24 heavy (non-hydrogen) atoms. The van der Waals surface area contributed by atoms with Crippen LogP contribution in [0.15, 0.2) is 24.3 Å². The largest absolute Gasteiger partial charge is 0.497 e. The summed E-state index contributed by atoms with van der Waals surface area (Å²) >= 11 is 1.56. The number of carbonyl (C=O) groups is 1. The number of rotatable bonds is 5. The molecule has 2 heterocycles. The van der Waals surface area contributed by atoms with E-state index in [4.69, 9.17) is 4.74 Å². The van der Waals surface area contributed by atoms with Gasteiger partial charge in [-0.2, -0.15) is 0 Å². The van der Waals surface area contributed by atoms with Crippen LogP contribution in [-0.4, -0.2) is 43.2 Å². The van der Waals surface area contributed by atoms with Crippen molar-refractivity contribution in [1.29, 1.82) is 0 Å². The summed E-state index contributed by atoms with van der Waals surface area (Å²) in [6.07, 6.45) is 1.70. The number of nitrogens with zero attached hydrogens (tertiary/aromatic N) is 2. The topological polar surface area (TPSA) is 66.5 Å². The Morgan fingerprint density at radius 1 is 1.46 bits per heavy atom. The number of carbonyl (C=O) groups excluding carboxylic acids is 1.